The van der Waals surface area contributed by atoms with Gasteiger partial charge in [-0.2, -0.15) is 0 Å². The molecule has 2 aliphatic rings. The molecular formula is C19H23FN2O. The normalized spacial score (nSPS) is 22.4. The number of hydrogen-bond donors (Lipinski definition) is 0. The second kappa shape index (κ2) is 6.44. The molecule has 2 heterocycles. The van der Waals surface area contributed by atoms with E-state index in [1.807, 2.05) is 6.07 Å². The summed E-state index contributed by atoms with van der Waals surface area (Å²) in [6, 6.07) is 6.67. The van der Waals surface area contributed by atoms with Crippen LogP contribution in [0.4, 0.5) is 4.39 Å². The molecule has 1 aromatic heterocycles. The number of likely N-dealkylation sites (tertiary alicyclic amines) is 1. The van der Waals surface area contributed by atoms with Crippen LogP contribution in [0.2, 0.25) is 0 Å². The number of hydrogen-bond acceptors (Lipinski definition) is 3. The van der Waals surface area contributed by atoms with Crippen molar-refractivity contribution in [1.82, 2.24) is 9.88 Å². The van der Waals surface area contributed by atoms with E-state index in [4.69, 9.17) is 4.42 Å². The summed E-state index contributed by atoms with van der Waals surface area (Å²) in [7, 11) is 0. The van der Waals surface area contributed by atoms with Gasteiger partial charge in [0.25, 0.3) is 0 Å². The number of oxazole rings is 1. The Labute approximate surface area is 136 Å². The lowest BCUT2D eigenvalue weighted by atomic mass is 9.98. The number of aromatic nitrogens is 1. The van der Waals surface area contributed by atoms with Crippen molar-refractivity contribution in [3.63, 3.8) is 0 Å². The van der Waals surface area contributed by atoms with Crippen molar-refractivity contribution in [2.24, 2.45) is 5.92 Å². The van der Waals surface area contributed by atoms with Crippen molar-refractivity contribution in [3.8, 4) is 0 Å². The smallest absolute Gasteiger partial charge is 0.198 e. The van der Waals surface area contributed by atoms with E-state index in [1.165, 1.54) is 38.4 Å². The van der Waals surface area contributed by atoms with Crippen molar-refractivity contribution in [3.05, 3.63) is 53.5 Å². The molecule has 1 aliphatic heterocycles. The Hall–Kier alpha value is -1.68. The lowest BCUT2D eigenvalue weighted by molar-refractivity contribution is 0.185. The summed E-state index contributed by atoms with van der Waals surface area (Å²) in [5, 5.41) is 0. The highest BCUT2D eigenvalue weighted by Crippen LogP contribution is 2.33. The van der Waals surface area contributed by atoms with E-state index in [-0.39, 0.29) is 5.82 Å². The average molecular weight is 314 g/mol. The topological polar surface area (TPSA) is 29.3 Å². The molecule has 0 bridgehead atoms. The van der Waals surface area contributed by atoms with Crippen LogP contribution in [0.3, 0.4) is 0 Å². The van der Waals surface area contributed by atoms with Crippen LogP contribution < -0.4 is 0 Å². The van der Waals surface area contributed by atoms with E-state index >= 15 is 0 Å². The molecule has 0 N–H and O–H groups in total. The van der Waals surface area contributed by atoms with Crippen molar-refractivity contribution < 1.29 is 8.81 Å². The van der Waals surface area contributed by atoms with Crippen LogP contribution in [-0.4, -0.2) is 29.5 Å². The molecule has 1 aromatic carbocycles. The predicted molar refractivity (Wildman–Crippen MR) is 86.8 cm³/mol. The Kier molecular flexibility index (Phi) is 4.17. The standard InChI is InChI=1S/C19H23FN2O/c20-17-5-1-3-15(9-17)10-18-11-21-19(23-18)16-4-2-8-22(13-16)12-14-6-7-14/h1,3,5,9,11,14,16H,2,4,6-8,10,12-13H2/t16-/m1/s1. The summed E-state index contributed by atoms with van der Waals surface area (Å²) in [6.07, 6.45) is 7.58. The second-order valence-electron chi connectivity index (χ2n) is 7.01. The van der Waals surface area contributed by atoms with Crippen molar-refractivity contribution >= 4 is 0 Å². The maximum absolute atomic E-state index is 13.3. The minimum atomic E-state index is -0.203. The van der Waals surface area contributed by atoms with E-state index < -0.39 is 0 Å². The van der Waals surface area contributed by atoms with Gasteiger partial charge < -0.3 is 9.32 Å². The molecule has 0 unspecified atom stereocenters. The Morgan fingerprint density at radius 2 is 2.17 bits per heavy atom. The molecule has 0 radical (unpaired) electrons. The zero-order valence-corrected chi connectivity index (χ0v) is 13.4. The minimum absolute atomic E-state index is 0.203. The Balaban J connectivity index is 1.40. The number of benzene rings is 1. The zero-order chi connectivity index (χ0) is 15.6. The van der Waals surface area contributed by atoms with Gasteiger partial charge in [-0.3, -0.25) is 0 Å². The molecule has 1 aliphatic carbocycles. The van der Waals surface area contributed by atoms with Crippen molar-refractivity contribution in [2.45, 2.75) is 38.0 Å². The van der Waals surface area contributed by atoms with Crippen molar-refractivity contribution in [1.29, 1.82) is 0 Å². The number of rotatable bonds is 5. The highest BCUT2D eigenvalue weighted by atomic mass is 19.1. The van der Waals surface area contributed by atoms with Crippen molar-refractivity contribution in [2.75, 3.05) is 19.6 Å². The zero-order valence-electron chi connectivity index (χ0n) is 13.4. The van der Waals surface area contributed by atoms with Crippen LogP contribution >= 0.6 is 0 Å². The summed E-state index contributed by atoms with van der Waals surface area (Å²) < 4.78 is 19.2. The molecular weight excluding hydrogens is 291 g/mol. The highest BCUT2D eigenvalue weighted by Gasteiger charge is 2.29. The molecule has 4 rings (SSSR count). The molecule has 23 heavy (non-hydrogen) atoms. The summed E-state index contributed by atoms with van der Waals surface area (Å²) in [5.41, 5.74) is 0.923. The Morgan fingerprint density at radius 3 is 3.00 bits per heavy atom. The molecule has 2 fully saturated rings. The van der Waals surface area contributed by atoms with Gasteiger partial charge in [0, 0.05) is 25.4 Å². The van der Waals surface area contributed by atoms with Gasteiger partial charge >= 0.3 is 0 Å². The van der Waals surface area contributed by atoms with Crippen LogP contribution in [0.15, 0.2) is 34.9 Å². The second-order valence-corrected chi connectivity index (χ2v) is 7.01. The minimum Gasteiger partial charge on any atom is -0.445 e. The summed E-state index contributed by atoms with van der Waals surface area (Å²) in [6.45, 7) is 3.52. The van der Waals surface area contributed by atoms with E-state index in [2.05, 4.69) is 9.88 Å². The third kappa shape index (κ3) is 3.81. The average Bonchev–Trinajstić information content (AvgIpc) is 3.23. The molecule has 4 heteroatoms. The van der Waals surface area contributed by atoms with E-state index in [0.717, 1.165) is 36.1 Å². The monoisotopic (exact) mass is 314 g/mol. The molecule has 1 saturated heterocycles. The SMILES string of the molecule is Fc1cccc(Cc2cnc([C@@H]3CCCN(CC4CC4)C3)o2)c1. The first-order valence-electron chi connectivity index (χ1n) is 8.67. The van der Waals surface area contributed by atoms with Gasteiger partial charge in [-0.25, -0.2) is 9.37 Å². The Bertz CT molecular complexity index is 665. The van der Waals surface area contributed by atoms with Gasteiger partial charge in [-0.05, 0) is 55.8 Å². The summed E-state index contributed by atoms with van der Waals surface area (Å²) in [4.78, 5) is 7.07. The van der Waals surface area contributed by atoms with Crippen LogP contribution in [0, 0.1) is 11.7 Å². The maximum Gasteiger partial charge on any atom is 0.198 e. The largest absolute Gasteiger partial charge is 0.445 e. The fourth-order valence-corrected chi connectivity index (χ4v) is 3.53. The van der Waals surface area contributed by atoms with Gasteiger partial charge in [-0.15, -0.1) is 0 Å². The third-order valence-corrected chi connectivity index (χ3v) is 4.91. The van der Waals surface area contributed by atoms with Gasteiger partial charge in [-0.1, -0.05) is 12.1 Å². The summed E-state index contributed by atoms with van der Waals surface area (Å²) in [5.74, 6) is 2.82. The van der Waals surface area contributed by atoms with Gasteiger partial charge in [0.15, 0.2) is 5.89 Å². The first kappa shape index (κ1) is 14.9. The quantitative estimate of drug-likeness (QED) is 0.835. The van der Waals surface area contributed by atoms with E-state index in [0.29, 0.717) is 12.3 Å². The third-order valence-electron chi connectivity index (χ3n) is 4.91. The maximum atomic E-state index is 13.3. The molecule has 3 nitrogen and oxygen atoms in total. The lowest BCUT2D eigenvalue weighted by Crippen LogP contribution is -2.35. The van der Waals surface area contributed by atoms with Gasteiger partial charge in [0.2, 0.25) is 0 Å². The van der Waals surface area contributed by atoms with Crippen LogP contribution in [0.25, 0.3) is 0 Å². The van der Waals surface area contributed by atoms with Crippen LogP contribution in [0.1, 0.15) is 48.8 Å². The number of nitrogens with zero attached hydrogens (tertiary/aromatic N) is 2. The van der Waals surface area contributed by atoms with E-state index in [1.54, 1.807) is 18.3 Å². The highest BCUT2D eigenvalue weighted by molar-refractivity contribution is 5.21. The molecule has 122 valence electrons. The molecule has 2 aromatic rings. The predicted octanol–water partition coefficient (Wildman–Crippen LogP) is 3.99. The van der Waals surface area contributed by atoms with Gasteiger partial charge in [0.05, 0.1) is 6.20 Å². The molecule has 1 atom stereocenters. The first-order chi connectivity index (χ1) is 11.3. The number of halogens is 1. The summed E-state index contributed by atoms with van der Waals surface area (Å²) >= 11 is 0. The van der Waals surface area contributed by atoms with E-state index in [9.17, 15) is 4.39 Å². The lowest BCUT2D eigenvalue weighted by Gasteiger charge is -2.31. The molecule has 1 saturated carbocycles. The fourth-order valence-electron chi connectivity index (χ4n) is 3.53. The van der Waals surface area contributed by atoms with Gasteiger partial charge in [0.1, 0.15) is 11.6 Å². The number of piperidine rings is 1. The fraction of sp³-hybridized carbons (Fsp3) is 0.526. The first-order valence-corrected chi connectivity index (χ1v) is 8.67. The molecule has 0 amide bonds. The van der Waals surface area contributed by atoms with Crippen LogP contribution in [-0.2, 0) is 6.42 Å². The Morgan fingerprint density at radius 1 is 1.26 bits per heavy atom. The van der Waals surface area contributed by atoms with Crippen LogP contribution in [0.5, 0.6) is 0 Å². The molecule has 0 spiro atoms.